The molecule has 0 aromatic carbocycles. The molecule has 17 heavy (non-hydrogen) atoms. The molecule has 0 aliphatic heterocycles. The van der Waals surface area contributed by atoms with Crippen LogP contribution in [-0.2, 0) is 14.4 Å². The van der Waals surface area contributed by atoms with Crippen LogP contribution in [0.1, 0.15) is 32.6 Å². The minimum absolute atomic E-state index is 0.0184. The SMILES string of the molecule is CCN(O)C(=O)CCC(CCC(=O)O)C(=O)O. The first kappa shape index (κ1) is 15.4. The number of hydrogen-bond acceptors (Lipinski definition) is 4. The van der Waals surface area contributed by atoms with Gasteiger partial charge in [-0.1, -0.05) is 0 Å². The van der Waals surface area contributed by atoms with Gasteiger partial charge in [0, 0.05) is 19.4 Å². The summed E-state index contributed by atoms with van der Waals surface area (Å²) in [6, 6.07) is 0. The predicted octanol–water partition coefficient (Wildman–Crippen LogP) is 0.570. The highest BCUT2D eigenvalue weighted by Crippen LogP contribution is 2.14. The number of aliphatic carboxylic acids is 2. The van der Waals surface area contributed by atoms with E-state index in [-0.39, 0.29) is 32.2 Å². The molecule has 0 aromatic heterocycles. The van der Waals surface area contributed by atoms with E-state index in [0.717, 1.165) is 0 Å². The molecule has 0 aliphatic rings. The van der Waals surface area contributed by atoms with Crippen molar-refractivity contribution in [2.24, 2.45) is 5.92 Å². The van der Waals surface area contributed by atoms with Gasteiger partial charge in [-0.05, 0) is 19.8 Å². The van der Waals surface area contributed by atoms with Crippen LogP contribution in [0.4, 0.5) is 0 Å². The average molecular weight is 247 g/mol. The van der Waals surface area contributed by atoms with Gasteiger partial charge in [0.1, 0.15) is 0 Å². The summed E-state index contributed by atoms with van der Waals surface area (Å²) >= 11 is 0. The maximum atomic E-state index is 11.2. The minimum atomic E-state index is -1.12. The molecule has 0 aromatic rings. The highest BCUT2D eigenvalue weighted by molar-refractivity contribution is 5.76. The maximum Gasteiger partial charge on any atom is 0.306 e. The number of carboxylic acid groups (broad SMARTS) is 2. The van der Waals surface area contributed by atoms with Gasteiger partial charge >= 0.3 is 11.9 Å². The summed E-state index contributed by atoms with van der Waals surface area (Å²) in [7, 11) is 0. The fourth-order valence-corrected chi connectivity index (χ4v) is 1.29. The van der Waals surface area contributed by atoms with Gasteiger partial charge in [0.15, 0.2) is 0 Å². The predicted molar refractivity (Wildman–Crippen MR) is 56.4 cm³/mol. The summed E-state index contributed by atoms with van der Waals surface area (Å²) in [6.07, 6.45) is -0.350. The van der Waals surface area contributed by atoms with Gasteiger partial charge in [0.05, 0.1) is 5.92 Å². The number of carbonyl (C=O) groups excluding carboxylic acids is 1. The Morgan fingerprint density at radius 2 is 1.65 bits per heavy atom. The molecular weight excluding hydrogens is 230 g/mol. The van der Waals surface area contributed by atoms with Crippen molar-refractivity contribution in [2.45, 2.75) is 32.6 Å². The van der Waals surface area contributed by atoms with Gasteiger partial charge in [-0.2, -0.15) is 0 Å². The summed E-state index contributed by atoms with van der Waals surface area (Å²) < 4.78 is 0. The Labute approximate surface area is 98.6 Å². The van der Waals surface area contributed by atoms with E-state index in [4.69, 9.17) is 15.4 Å². The lowest BCUT2D eigenvalue weighted by Crippen LogP contribution is -2.28. The first-order valence-corrected chi connectivity index (χ1v) is 5.32. The van der Waals surface area contributed by atoms with E-state index in [1.165, 1.54) is 0 Å². The van der Waals surface area contributed by atoms with Gasteiger partial charge in [-0.15, -0.1) is 0 Å². The molecule has 7 nitrogen and oxygen atoms in total. The van der Waals surface area contributed by atoms with E-state index in [0.29, 0.717) is 5.06 Å². The second-order valence-corrected chi connectivity index (χ2v) is 3.62. The van der Waals surface area contributed by atoms with Crippen LogP contribution in [0.25, 0.3) is 0 Å². The summed E-state index contributed by atoms with van der Waals surface area (Å²) in [5.41, 5.74) is 0. The zero-order valence-corrected chi connectivity index (χ0v) is 9.63. The number of rotatable bonds is 8. The minimum Gasteiger partial charge on any atom is -0.481 e. The quantitative estimate of drug-likeness (QED) is 0.426. The van der Waals surface area contributed by atoms with Crippen molar-refractivity contribution >= 4 is 17.8 Å². The Balaban J connectivity index is 4.13. The maximum absolute atomic E-state index is 11.2. The Morgan fingerprint density at radius 1 is 1.12 bits per heavy atom. The van der Waals surface area contributed by atoms with E-state index < -0.39 is 23.8 Å². The smallest absolute Gasteiger partial charge is 0.306 e. The Bertz CT molecular complexity index is 291. The summed E-state index contributed by atoms with van der Waals surface area (Å²) in [4.78, 5) is 32.3. The molecule has 0 fully saturated rings. The molecule has 0 bridgehead atoms. The lowest BCUT2D eigenvalue weighted by atomic mass is 9.97. The number of hydrogen-bond donors (Lipinski definition) is 3. The highest BCUT2D eigenvalue weighted by atomic mass is 16.5. The number of carbonyl (C=O) groups is 3. The van der Waals surface area contributed by atoms with E-state index >= 15 is 0 Å². The molecule has 1 atom stereocenters. The second-order valence-electron chi connectivity index (χ2n) is 3.62. The van der Waals surface area contributed by atoms with Crippen LogP contribution in [0, 0.1) is 5.92 Å². The number of amides is 1. The molecule has 0 aliphatic carbocycles. The summed E-state index contributed by atoms with van der Waals surface area (Å²) in [5.74, 6) is -3.63. The van der Waals surface area contributed by atoms with Crippen LogP contribution in [0.15, 0.2) is 0 Å². The van der Waals surface area contributed by atoms with Gasteiger partial charge in [0.2, 0.25) is 5.91 Å². The fourth-order valence-electron chi connectivity index (χ4n) is 1.29. The first-order chi connectivity index (χ1) is 7.88. The molecule has 0 spiro atoms. The third kappa shape index (κ3) is 6.52. The summed E-state index contributed by atoms with van der Waals surface area (Å²) in [5, 5.41) is 26.8. The molecule has 0 saturated heterocycles. The van der Waals surface area contributed by atoms with Crippen LogP contribution in [0.5, 0.6) is 0 Å². The molecule has 3 N–H and O–H groups in total. The van der Waals surface area contributed by atoms with Crippen LogP contribution < -0.4 is 0 Å². The van der Waals surface area contributed by atoms with Crippen LogP contribution >= 0.6 is 0 Å². The third-order valence-corrected chi connectivity index (χ3v) is 2.35. The molecule has 1 unspecified atom stereocenters. The fraction of sp³-hybridized carbons (Fsp3) is 0.700. The third-order valence-electron chi connectivity index (χ3n) is 2.35. The van der Waals surface area contributed by atoms with E-state index in [1.807, 2.05) is 0 Å². The zero-order chi connectivity index (χ0) is 13.4. The first-order valence-electron chi connectivity index (χ1n) is 5.32. The molecule has 0 radical (unpaired) electrons. The Morgan fingerprint density at radius 3 is 2.06 bits per heavy atom. The molecule has 7 heteroatoms. The zero-order valence-electron chi connectivity index (χ0n) is 9.63. The van der Waals surface area contributed by atoms with Crippen molar-refractivity contribution < 1.29 is 29.8 Å². The summed E-state index contributed by atoms with van der Waals surface area (Å²) in [6.45, 7) is 1.71. The van der Waals surface area contributed by atoms with Gasteiger partial charge in [-0.25, -0.2) is 5.06 Å². The monoisotopic (exact) mass is 247 g/mol. The van der Waals surface area contributed by atoms with Crippen molar-refractivity contribution in [1.29, 1.82) is 0 Å². The van der Waals surface area contributed by atoms with E-state index in [2.05, 4.69) is 0 Å². The van der Waals surface area contributed by atoms with Gasteiger partial charge in [-0.3, -0.25) is 19.6 Å². The number of hydroxylamine groups is 2. The molecule has 0 rings (SSSR count). The number of nitrogens with zero attached hydrogens (tertiary/aromatic N) is 1. The topological polar surface area (TPSA) is 115 Å². The van der Waals surface area contributed by atoms with Crippen molar-refractivity contribution in [3.8, 4) is 0 Å². The average Bonchev–Trinajstić information content (AvgIpc) is 2.26. The molecule has 0 heterocycles. The van der Waals surface area contributed by atoms with Crippen LogP contribution in [-0.4, -0.2) is 44.9 Å². The van der Waals surface area contributed by atoms with Crippen molar-refractivity contribution in [3.05, 3.63) is 0 Å². The lowest BCUT2D eigenvalue weighted by Gasteiger charge is -2.14. The molecular formula is C10H17NO6. The Hall–Kier alpha value is -1.63. The van der Waals surface area contributed by atoms with Crippen LogP contribution in [0.3, 0.4) is 0 Å². The largest absolute Gasteiger partial charge is 0.481 e. The van der Waals surface area contributed by atoms with Crippen molar-refractivity contribution in [1.82, 2.24) is 5.06 Å². The van der Waals surface area contributed by atoms with Crippen LogP contribution in [0.2, 0.25) is 0 Å². The number of carboxylic acids is 2. The normalized spacial score (nSPS) is 11.9. The Kier molecular flexibility index (Phi) is 6.88. The molecule has 1 amide bonds. The van der Waals surface area contributed by atoms with E-state index in [1.54, 1.807) is 6.92 Å². The molecule has 0 saturated carbocycles. The van der Waals surface area contributed by atoms with E-state index in [9.17, 15) is 14.4 Å². The second kappa shape index (κ2) is 7.61. The standard InChI is InChI=1S/C10H17NO6/c1-2-11(17)8(12)5-3-7(10(15)16)4-6-9(13)14/h7,17H,2-6H2,1H3,(H,13,14)(H,15,16). The van der Waals surface area contributed by atoms with Crippen molar-refractivity contribution in [2.75, 3.05) is 6.54 Å². The lowest BCUT2D eigenvalue weighted by molar-refractivity contribution is -0.164. The molecule has 98 valence electrons. The van der Waals surface area contributed by atoms with Gasteiger partial charge in [0.25, 0.3) is 0 Å². The highest BCUT2D eigenvalue weighted by Gasteiger charge is 2.21. The van der Waals surface area contributed by atoms with Gasteiger partial charge < -0.3 is 10.2 Å². The van der Waals surface area contributed by atoms with Crippen molar-refractivity contribution in [3.63, 3.8) is 0 Å².